The van der Waals surface area contributed by atoms with Gasteiger partial charge in [0.15, 0.2) is 0 Å². The molecule has 1 aromatic heterocycles. The van der Waals surface area contributed by atoms with Gasteiger partial charge in [0.2, 0.25) is 0 Å². The number of aromatic nitrogens is 1. The van der Waals surface area contributed by atoms with Crippen LogP contribution in [0, 0.1) is 0 Å². The number of ether oxygens (including phenoxy) is 1. The Balaban J connectivity index is 1.51. The fraction of sp³-hybridized carbons (Fsp3) is 0.0455. The van der Waals surface area contributed by atoms with Crippen LogP contribution >= 0.6 is 0 Å². The SMILES string of the molecule is NN(C(=O)C=Cc1ccc(NC(=O)OCc2cccnc2)cc1)c1ccccc1. The van der Waals surface area contributed by atoms with Crippen LogP contribution in [0.3, 0.4) is 0 Å². The molecule has 2 amide bonds. The minimum atomic E-state index is -0.561. The smallest absolute Gasteiger partial charge is 0.411 e. The number of benzene rings is 2. The van der Waals surface area contributed by atoms with E-state index in [0.29, 0.717) is 11.4 Å². The number of hydrogen-bond acceptors (Lipinski definition) is 5. The summed E-state index contributed by atoms with van der Waals surface area (Å²) >= 11 is 0. The maximum Gasteiger partial charge on any atom is 0.411 e. The lowest BCUT2D eigenvalue weighted by molar-refractivity contribution is -0.114. The van der Waals surface area contributed by atoms with Gasteiger partial charge in [0, 0.05) is 29.7 Å². The summed E-state index contributed by atoms with van der Waals surface area (Å²) in [7, 11) is 0. The Hall–Kier alpha value is -3.97. The first-order valence-electron chi connectivity index (χ1n) is 8.86. The van der Waals surface area contributed by atoms with E-state index in [2.05, 4.69) is 10.3 Å². The van der Waals surface area contributed by atoms with E-state index in [1.807, 2.05) is 12.1 Å². The number of carbonyl (C=O) groups is 2. The molecule has 0 radical (unpaired) electrons. The Morgan fingerprint density at radius 3 is 2.48 bits per heavy atom. The standard InChI is InChI=1S/C22H20N4O3/c23-26(20-6-2-1-3-7-20)21(27)13-10-17-8-11-19(12-9-17)25-22(28)29-16-18-5-4-14-24-15-18/h1-15H,16,23H2,(H,25,28). The number of hydrazine groups is 1. The number of anilines is 2. The fourth-order valence-corrected chi connectivity index (χ4v) is 2.43. The minimum absolute atomic E-state index is 0.139. The lowest BCUT2D eigenvalue weighted by Gasteiger charge is -2.14. The number of hydrogen-bond donors (Lipinski definition) is 2. The molecule has 7 nitrogen and oxygen atoms in total. The van der Waals surface area contributed by atoms with E-state index in [9.17, 15) is 9.59 Å². The predicted octanol–water partition coefficient (Wildman–Crippen LogP) is 3.75. The highest BCUT2D eigenvalue weighted by Crippen LogP contribution is 2.13. The van der Waals surface area contributed by atoms with E-state index in [1.165, 1.54) is 6.08 Å². The quantitative estimate of drug-likeness (QED) is 0.290. The summed E-state index contributed by atoms with van der Waals surface area (Å²) in [6, 6.07) is 19.5. The lowest BCUT2D eigenvalue weighted by atomic mass is 10.2. The summed E-state index contributed by atoms with van der Waals surface area (Å²) in [5.41, 5.74) is 2.77. The largest absolute Gasteiger partial charge is 0.444 e. The van der Waals surface area contributed by atoms with Gasteiger partial charge in [-0.3, -0.25) is 15.1 Å². The third-order valence-corrected chi connectivity index (χ3v) is 3.94. The molecule has 0 aliphatic carbocycles. The maximum absolute atomic E-state index is 12.2. The number of amides is 2. The van der Waals surface area contributed by atoms with E-state index in [0.717, 1.165) is 16.1 Å². The maximum atomic E-state index is 12.2. The molecule has 0 fully saturated rings. The number of nitrogens with two attached hydrogens (primary N) is 1. The molecule has 3 aromatic rings. The van der Waals surface area contributed by atoms with Gasteiger partial charge in [0.25, 0.3) is 5.91 Å². The molecule has 0 aliphatic rings. The van der Waals surface area contributed by atoms with Crippen LogP contribution in [-0.4, -0.2) is 17.0 Å². The van der Waals surface area contributed by atoms with Crippen LogP contribution in [0.1, 0.15) is 11.1 Å². The Morgan fingerprint density at radius 1 is 1.03 bits per heavy atom. The molecule has 3 N–H and O–H groups in total. The minimum Gasteiger partial charge on any atom is -0.444 e. The van der Waals surface area contributed by atoms with Gasteiger partial charge in [-0.25, -0.2) is 15.6 Å². The van der Waals surface area contributed by atoms with Crippen molar-refractivity contribution in [3.8, 4) is 0 Å². The average Bonchev–Trinajstić information content (AvgIpc) is 2.78. The van der Waals surface area contributed by atoms with Gasteiger partial charge in [-0.15, -0.1) is 0 Å². The van der Waals surface area contributed by atoms with Gasteiger partial charge in [0.05, 0.1) is 5.69 Å². The summed E-state index contributed by atoms with van der Waals surface area (Å²) in [6.45, 7) is 0.139. The molecule has 29 heavy (non-hydrogen) atoms. The van der Waals surface area contributed by atoms with Gasteiger partial charge in [-0.2, -0.15) is 0 Å². The molecule has 0 unspecified atom stereocenters. The number of rotatable bonds is 6. The zero-order valence-corrected chi connectivity index (χ0v) is 15.6. The molecular formula is C22H20N4O3. The summed E-state index contributed by atoms with van der Waals surface area (Å²) in [5, 5.41) is 3.72. The summed E-state index contributed by atoms with van der Waals surface area (Å²) in [5.74, 6) is 5.47. The van der Waals surface area contributed by atoms with Crippen LogP contribution in [0.5, 0.6) is 0 Å². The second kappa shape index (κ2) is 9.82. The van der Waals surface area contributed by atoms with Crippen molar-refractivity contribution >= 4 is 29.5 Å². The van der Waals surface area contributed by atoms with Crippen molar-refractivity contribution in [2.45, 2.75) is 6.61 Å². The summed E-state index contributed by atoms with van der Waals surface area (Å²) < 4.78 is 5.14. The number of para-hydroxylation sites is 1. The van der Waals surface area contributed by atoms with Gasteiger partial charge in [-0.05, 0) is 42.0 Å². The summed E-state index contributed by atoms with van der Waals surface area (Å²) in [4.78, 5) is 28.0. The van der Waals surface area contributed by atoms with Crippen molar-refractivity contribution in [1.29, 1.82) is 0 Å². The lowest BCUT2D eigenvalue weighted by Crippen LogP contribution is -2.35. The van der Waals surface area contributed by atoms with Crippen LogP contribution in [-0.2, 0) is 16.1 Å². The highest BCUT2D eigenvalue weighted by Gasteiger charge is 2.07. The van der Waals surface area contributed by atoms with Crippen molar-refractivity contribution in [1.82, 2.24) is 4.98 Å². The van der Waals surface area contributed by atoms with Gasteiger partial charge in [0.1, 0.15) is 6.61 Å². The second-order valence-corrected chi connectivity index (χ2v) is 6.06. The van der Waals surface area contributed by atoms with Crippen LogP contribution in [0.15, 0.2) is 85.2 Å². The van der Waals surface area contributed by atoms with Gasteiger partial charge >= 0.3 is 6.09 Å². The second-order valence-electron chi connectivity index (χ2n) is 6.06. The molecule has 0 bridgehead atoms. The molecule has 3 rings (SSSR count). The monoisotopic (exact) mass is 388 g/mol. The molecule has 0 saturated carbocycles. The number of nitrogens with one attached hydrogen (secondary N) is 1. The molecule has 0 atom stereocenters. The Labute approximate surface area is 168 Å². The number of nitrogens with zero attached hydrogens (tertiary/aromatic N) is 2. The zero-order valence-electron chi connectivity index (χ0n) is 15.6. The first-order valence-corrected chi connectivity index (χ1v) is 8.86. The highest BCUT2D eigenvalue weighted by molar-refractivity contribution is 6.02. The molecule has 0 aliphatic heterocycles. The van der Waals surface area contributed by atoms with E-state index in [-0.39, 0.29) is 12.5 Å². The summed E-state index contributed by atoms with van der Waals surface area (Å²) in [6.07, 6.45) is 5.76. The predicted molar refractivity (Wildman–Crippen MR) is 112 cm³/mol. The van der Waals surface area contributed by atoms with Crippen molar-refractivity contribution in [3.05, 3.63) is 96.3 Å². The van der Waals surface area contributed by atoms with Crippen molar-refractivity contribution < 1.29 is 14.3 Å². The highest BCUT2D eigenvalue weighted by atomic mass is 16.5. The molecule has 7 heteroatoms. The van der Waals surface area contributed by atoms with E-state index >= 15 is 0 Å². The molecular weight excluding hydrogens is 368 g/mol. The first-order chi connectivity index (χ1) is 14.1. The van der Waals surface area contributed by atoms with Crippen molar-refractivity contribution in [3.63, 3.8) is 0 Å². The van der Waals surface area contributed by atoms with Crippen molar-refractivity contribution in [2.75, 3.05) is 10.3 Å². The topological polar surface area (TPSA) is 97.6 Å². The zero-order chi connectivity index (χ0) is 20.5. The Bertz CT molecular complexity index is 974. The third kappa shape index (κ3) is 6.02. The fourth-order valence-electron chi connectivity index (χ4n) is 2.43. The molecule has 2 aromatic carbocycles. The van der Waals surface area contributed by atoms with Crippen molar-refractivity contribution in [2.24, 2.45) is 5.84 Å². The van der Waals surface area contributed by atoms with Gasteiger partial charge in [-0.1, -0.05) is 36.4 Å². The van der Waals surface area contributed by atoms with E-state index < -0.39 is 6.09 Å². The number of carbonyl (C=O) groups excluding carboxylic acids is 2. The third-order valence-electron chi connectivity index (χ3n) is 3.94. The van der Waals surface area contributed by atoms with E-state index in [1.54, 1.807) is 73.1 Å². The van der Waals surface area contributed by atoms with Crippen LogP contribution < -0.4 is 16.2 Å². The Morgan fingerprint density at radius 2 is 1.79 bits per heavy atom. The molecule has 1 heterocycles. The molecule has 146 valence electrons. The van der Waals surface area contributed by atoms with Gasteiger partial charge < -0.3 is 4.74 Å². The normalized spacial score (nSPS) is 10.5. The number of pyridine rings is 1. The van der Waals surface area contributed by atoms with Crippen LogP contribution in [0.4, 0.5) is 16.2 Å². The first kappa shape index (κ1) is 19.8. The molecule has 0 saturated heterocycles. The van der Waals surface area contributed by atoms with Crippen LogP contribution in [0.25, 0.3) is 6.08 Å². The average molecular weight is 388 g/mol. The van der Waals surface area contributed by atoms with E-state index in [4.69, 9.17) is 10.6 Å². The van der Waals surface area contributed by atoms with Crippen LogP contribution in [0.2, 0.25) is 0 Å². The molecule has 0 spiro atoms. The Kier molecular flexibility index (Phi) is 6.70.